The maximum Gasteiger partial charge on any atom is 0.220 e. The van der Waals surface area contributed by atoms with Gasteiger partial charge in [-0.2, -0.15) is 0 Å². The lowest BCUT2D eigenvalue weighted by atomic mass is 10.0. The molecule has 0 amide bonds. The van der Waals surface area contributed by atoms with Crippen molar-refractivity contribution in [3.05, 3.63) is 48.0 Å². The van der Waals surface area contributed by atoms with E-state index in [-0.39, 0.29) is 5.95 Å². The van der Waals surface area contributed by atoms with Crippen LogP contribution in [-0.4, -0.2) is 28.4 Å². The zero-order chi connectivity index (χ0) is 16.7. The van der Waals surface area contributed by atoms with Gasteiger partial charge in [0.15, 0.2) is 0 Å². The predicted octanol–water partition coefficient (Wildman–Crippen LogP) is 3.39. The fourth-order valence-corrected chi connectivity index (χ4v) is 1.70. The van der Waals surface area contributed by atoms with E-state index in [1.54, 1.807) is 13.2 Å². The molecule has 0 atom stereocenters. The molecule has 0 aromatic carbocycles. The van der Waals surface area contributed by atoms with Crippen molar-refractivity contribution in [1.29, 1.82) is 0 Å². The smallest absolute Gasteiger partial charge is 0.220 e. The molecule has 1 aromatic rings. The Morgan fingerprint density at radius 3 is 2.50 bits per heavy atom. The fourth-order valence-electron chi connectivity index (χ4n) is 1.70. The van der Waals surface area contributed by atoms with Gasteiger partial charge in [-0.05, 0) is 39.8 Å². The fraction of sp³-hybridized carbons (Fsp3) is 0.294. The van der Waals surface area contributed by atoms with Crippen molar-refractivity contribution >= 4 is 22.9 Å². The third-order valence-electron chi connectivity index (χ3n) is 2.88. The maximum absolute atomic E-state index is 5.58. The molecule has 2 N–H and O–H groups in total. The van der Waals surface area contributed by atoms with Gasteiger partial charge < -0.3 is 5.73 Å². The Morgan fingerprint density at radius 1 is 1.27 bits per heavy atom. The summed E-state index contributed by atoms with van der Waals surface area (Å²) in [7, 11) is 1.72. The Bertz CT molecular complexity index is 674. The van der Waals surface area contributed by atoms with Gasteiger partial charge in [-0.15, -0.1) is 0 Å². The van der Waals surface area contributed by atoms with Gasteiger partial charge in [0.05, 0.1) is 11.4 Å². The monoisotopic (exact) mass is 297 g/mol. The quantitative estimate of drug-likeness (QED) is 0.846. The molecule has 0 saturated heterocycles. The minimum Gasteiger partial charge on any atom is -0.368 e. The van der Waals surface area contributed by atoms with Crippen molar-refractivity contribution in [3.8, 4) is 0 Å². The summed E-state index contributed by atoms with van der Waals surface area (Å²) in [5, 5.41) is 0. The van der Waals surface area contributed by atoms with Crippen molar-refractivity contribution in [2.45, 2.75) is 27.7 Å². The van der Waals surface area contributed by atoms with Crippen molar-refractivity contribution in [2.75, 3.05) is 12.8 Å². The van der Waals surface area contributed by atoms with Gasteiger partial charge in [0.25, 0.3) is 0 Å². The molecule has 0 saturated carbocycles. The average molecular weight is 297 g/mol. The summed E-state index contributed by atoms with van der Waals surface area (Å²) in [6.07, 6.45) is 7.29. The summed E-state index contributed by atoms with van der Waals surface area (Å²) < 4.78 is 0. The number of nitrogens with two attached hydrogens (primary N) is 1. The molecule has 1 aromatic heterocycles. The number of nitrogens with zero attached hydrogens (tertiary/aromatic N) is 4. The normalized spacial score (nSPS) is 12.6. The summed E-state index contributed by atoms with van der Waals surface area (Å²) in [4.78, 5) is 16.8. The largest absolute Gasteiger partial charge is 0.368 e. The number of rotatable bonds is 5. The van der Waals surface area contributed by atoms with Gasteiger partial charge >= 0.3 is 0 Å². The number of allylic oxidation sites excluding steroid dienone is 4. The van der Waals surface area contributed by atoms with Crippen LogP contribution in [0.15, 0.2) is 46.7 Å². The topological polar surface area (TPSA) is 76.5 Å². The highest BCUT2D eigenvalue weighted by molar-refractivity contribution is 6.29. The molecule has 116 valence electrons. The number of hydrogen-bond acceptors (Lipinski definition) is 5. The minimum atomic E-state index is 0.254. The highest BCUT2D eigenvalue weighted by Gasteiger charge is 2.09. The molecule has 5 heteroatoms. The molecule has 0 spiro atoms. The second-order valence-corrected chi connectivity index (χ2v) is 5.12. The molecule has 0 fully saturated rings. The standard InChI is InChI=1S/C17H23N5/c1-11(2)9-20-12(3)7-8-16(19-6)13(4)15-10-21-17(18)22-14(15)5/h7-10H,4H2,1-3,5-6H3,(H2,18,21,22)/b8-7-,19-16?,20-12?. The van der Waals surface area contributed by atoms with Gasteiger partial charge in [-0.3, -0.25) is 9.98 Å². The first-order valence-electron chi connectivity index (χ1n) is 6.96. The first kappa shape index (κ1) is 17.5. The Balaban J connectivity index is 3.00. The number of hydrogen-bond donors (Lipinski definition) is 1. The van der Waals surface area contributed by atoms with Crippen molar-refractivity contribution in [2.24, 2.45) is 9.98 Å². The van der Waals surface area contributed by atoms with Gasteiger partial charge in [-0.25, -0.2) is 9.97 Å². The van der Waals surface area contributed by atoms with E-state index in [2.05, 4.69) is 26.5 Å². The maximum atomic E-state index is 5.58. The van der Waals surface area contributed by atoms with Crippen molar-refractivity contribution in [3.63, 3.8) is 0 Å². The molecule has 1 heterocycles. The molecule has 0 bridgehead atoms. The molecule has 0 radical (unpaired) electrons. The summed E-state index contributed by atoms with van der Waals surface area (Å²) in [6, 6.07) is 0. The molecule has 5 nitrogen and oxygen atoms in total. The van der Waals surface area contributed by atoms with Crippen LogP contribution in [0.2, 0.25) is 0 Å². The summed E-state index contributed by atoms with van der Waals surface area (Å²) in [6.45, 7) is 11.9. The second-order valence-electron chi connectivity index (χ2n) is 5.12. The first-order valence-corrected chi connectivity index (χ1v) is 6.96. The van der Waals surface area contributed by atoms with E-state index in [1.165, 1.54) is 0 Å². The number of aryl methyl sites for hydroxylation is 1. The second kappa shape index (κ2) is 8.02. The lowest BCUT2D eigenvalue weighted by Crippen LogP contribution is -2.05. The lowest BCUT2D eigenvalue weighted by Gasteiger charge is -2.08. The first-order chi connectivity index (χ1) is 10.3. The van der Waals surface area contributed by atoms with Crippen LogP contribution in [0, 0.1) is 6.92 Å². The number of nitrogen functional groups attached to an aromatic ring is 1. The molecule has 0 aliphatic carbocycles. The Labute approximate surface area is 132 Å². The van der Waals surface area contributed by atoms with Gasteiger partial charge in [0.2, 0.25) is 5.95 Å². The summed E-state index contributed by atoms with van der Waals surface area (Å²) >= 11 is 0. The van der Waals surface area contributed by atoms with Crippen molar-refractivity contribution < 1.29 is 0 Å². The molecular formula is C17H23N5. The Hall–Kier alpha value is -2.56. The zero-order valence-electron chi connectivity index (χ0n) is 13.9. The number of anilines is 1. The van der Waals surface area contributed by atoms with E-state index in [0.717, 1.165) is 33.8 Å². The van der Waals surface area contributed by atoms with Gasteiger partial charge in [0, 0.05) is 36.3 Å². The van der Waals surface area contributed by atoms with Crippen LogP contribution in [0.3, 0.4) is 0 Å². The summed E-state index contributed by atoms with van der Waals surface area (Å²) in [5.74, 6) is 0.254. The number of aromatic nitrogens is 2. The van der Waals surface area contributed by atoms with E-state index in [9.17, 15) is 0 Å². The van der Waals surface area contributed by atoms with E-state index in [4.69, 9.17) is 5.73 Å². The SMILES string of the molecule is C=C(C(/C=C\C(C)=NC=C(C)C)=NC)c1cnc(N)nc1C. The third kappa shape index (κ3) is 5.09. The van der Waals surface area contributed by atoms with Crippen LogP contribution < -0.4 is 5.73 Å². The minimum absolute atomic E-state index is 0.254. The van der Waals surface area contributed by atoms with Crippen LogP contribution in [0.1, 0.15) is 32.0 Å². The average Bonchev–Trinajstić information content (AvgIpc) is 2.45. The summed E-state index contributed by atoms with van der Waals surface area (Å²) in [5.41, 5.74) is 10.7. The van der Waals surface area contributed by atoms with E-state index in [0.29, 0.717) is 0 Å². The number of aliphatic imine (C=N–C) groups is 2. The van der Waals surface area contributed by atoms with Crippen LogP contribution in [-0.2, 0) is 0 Å². The van der Waals surface area contributed by atoms with Crippen LogP contribution >= 0.6 is 0 Å². The zero-order valence-corrected chi connectivity index (χ0v) is 13.9. The van der Waals surface area contributed by atoms with Gasteiger partial charge in [-0.1, -0.05) is 12.2 Å². The lowest BCUT2D eigenvalue weighted by molar-refractivity contribution is 1.11. The Kier molecular flexibility index (Phi) is 6.38. The van der Waals surface area contributed by atoms with E-state index >= 15 is 0 Å². The molecule has 0 aliphatic heterocycles. The molecule has 0 aliphatic rings. The third-order valence-corrected chi connectivity index (χ3v) is 2.88. The van der Waals surface area contributed by atoms with Gasteiger partial charge in [0.1, 0.15) is 0 Å². The molecule has 0 unspecified atom stereocenters. The predicted molar refractivity (Wildman–Crippen MR) is 95.3 cm³/mol. The highest BCUT2D eigenvalue weighted by atomic mass is 15.0. The molecule has 22 heavy (non-hydrogen) atoms. The van der Waals surface area contributed by atoms with E-state index < -0.39 is 0 Å². The Morgan fingerprint density at radius 2 is 1.95 bits per heavy atom. The van der Waals surface area contributed by atoms with E-state index in [1.807, 2.05) is 46.0 Å². The molecular weight excluding hydrogens is 274 g/mol. The van der Waals surface area contributed by atoms with Crippen LogP contribution in [0.4, 0.5) is 5.95 Å². The van der Waals surface area contributed by atoms with Crippen LogP contribution in [0.25, 0.3) is 5.57 Å². The highest BCUT2D eigenvalue weighted by Crippen LogP contribution is 2.17. The van der Waals surface area contributed by atoms with Crippen LogP contribution in [0.5, 0.6) is 0 Å². The van der Waals surface area contributed by atoms with Crippen molar-refractivity contribution in [1.82, 2.24) is 9.97 Å². The molecule has 1 rings (SSSR count).